The first-order valence-electron chi connectivity index (χ1n) is 9.82. The summed E-state index contributed by atoms with van der Waals surface area (Å²) >= 11 is 0. The van der Waals surface area contributed by atoms with Gasteiger partial charge in [-0.2, -0.15) is 8.78 Å². The minimum Gasteiger partial charge on any atom is -0.435 e. The Labute approximate surface area is 188 Å². The second-order valence-corrected chi connectivity index (χ2v) is 7.67. The van der Waals surface area contributed by atoms with Gasteiger partial charge in [0.05, 0.1) is 0 Å². The molecule has 2 N–H and O–H groups in total. The molecule has 9 nitrogen and oxygen atoms in total. The predicted octanol–water partition coefficient (Wildman–Crippen LogP) is 2.40. The van der Waals surface area contributed by atoms with Crippen molar-refractivity contribution < 1.29 is 32.7 Å². The topological polar surface area (TPSA) is 108 Å². The van der Waals surface area contributed by atoms with E-state index in [0.29, 0.717) is 16.8 Å². The number of carbonyl (C=O) groups is 4. The fourth-order valence-electron chi connectivity index (χ4n) is 3.30. The Kier molecular flexibility index (Phi) is 6.61. The van der Waals surface area contributed by atoms with Gasteiger partial charge in [0, 0.05) is 25.3 Å². The Morgan fingerprint density at radius 3 is 2.24 bits per heavy atom. The van der Waals surface area contributed by atoms with Crippen LogP contribution in [0.1, 0.15) is 22.8 Å². The standard InChI is InChI=1S/C22H22F2N4O5/c1-22(14-6-10-16(11-7-14)33-20(23)24)19(31)28(21(32)26-22)12-17(29)25-15-8-4-13(5-9-15)18(30)27(2)3/h4-11,20H,12H2,1-3H3,(H,25,29)(H,26,32)/t22-/m1/s1. The smallest absolute Gasteiger partial charge is 0.387 e. The Morgan fingerprint density at radius 1 is 1.09 bits per heavy atom. The number of rotatable bonds is 7. The van der Waals surface area contributed by atoms with E-state index in [0.717, 1.165) is 4.90 Å². The minimum atomic E-state index is -2.99. The van der Waals surface area contributed by atoms with E-state index in [4.69, 9.17) is 0 Å². The molecule has 5 amide bonds. The zero-order valence-electron chi connectivity index (χ0n) is 18.1. The largest absolute Gasteiger partial charge is 0.435 e. The van der Waals surface area contributed by atoms with Gasteiger partial charge >= 0.3 is 12.6 Å². The second-order valence-electron chi connectivity index (χ2n) is 7.67. The maximum atomic E-state index is 12.9. The third-order valence-corrected chi connectivity index (χ3v) is 5.06. The highest BCUT2D eigenvalue weighted by Crippen LogP contribution is 2.30. The van der Waals surface area contributed by atoms with Gasteiger partial charge in [0.1, 0.15) is 17.8 Å². The molecule has 1 saturated heterocycles. The van der Waals surface area contributed by atoms with Crippen molar-refractivity contribution in [1.29, 1.82) is 0 Å². The summed E-state index contributed by atoms with van der Waals surface area (Å²) in [5.74, 6) is -1.57. The van der Waals surface area contributed by atoms with Gasteiger partial charge in [0.25, 0.3) is 11.8 Å². The lowest BCUT2D eigenvalue weighted by Gasteiger charge is -2.22. The molecule has 11 heteroatoms. The minimum absolute atomic E-state index is 0.0938. The SMILES string of the molecule is CN(C)C(=O)c1ccc(NC(=O)CN2C(=O)N[C@](C)(c3ccc(OC(F)F)cc3)C2=O)cc1. The molecule has 0 spiro atoms. The van der Waals surface area contributed by atoms with Crippen molar-refractivity contribution in [2.24, 2.45) is 0 Å². The van der Waals surface area contributed by atoms with E-state index in [1.54, 1.807) is 26.2 Å². The van der Waals surface area contributed by atoms with E-state index in [2.05, 4.69) is 15.4 Å². The van der Waals surface area contributed by atoms with Crippen LogP contribution in [0.2, 0.25) is 0 Å². The molecule has 0 bridgehead atoms. The lowest BCUT2D eigenvalue weighted by atomic mass is 9.92. The Bertz CT molecular complexity index is 1070. The lowest BCUT2D eigenvalue weighted by molar-refractivity contribution is -0.133. The zero-order valence-corrected chi connectivity index (χ0v) is 18.1. The number of hydrogen-bond acceptors (Lipinski definition) is 5. The number of nitrogens with one attached hydrogen (secondary N) is 2. The molecule has 1 fully saturated rings. The summed E-state index contributed by atoms with van der Waals surface area (Å²) in [6.45, 7) is -2.07. The van der Waals surface area contributed by atoms with Crippen molar-refractivity contribution in [2.45, 2.75) is 19.1 Å². The van der Waals surface area contributed by atoms with E-state index >= 15 is 0 Å². The summed E-state index contributed by atoms with van der Waals surface area (Å²) in [5.41, 5.74) is -0.311. The molecule has 1 aliphatic heterocycles. The van der Waals surface area contributed by atoms with Crippen LogP contribution < -0.4 is 15.4 Å². The number of alkyl halides is 2. The number of nitrogens with zero attached hydrogens (tertiary/aromatic N) is 2. The molecular weight excluding hydrogens is 438 g/mol. The molecule has 0 unspecified atom stereocenters. The third kappa shape index (κ3) is 5.08. The number of carbonyl (C=O) groups excluding carboxylic acids is 4. The highest BCUT2D eigenvalue weighted by Gasteiger charge is 2.49. The van der Waals surface area contributed by atoms with E-state index in [-0.39, 0.29) is 11.7 Å². The first kappa shape index (κ1) is 23.6. The van der Waals surface area contributed by atoms with Gasteiger partial charge in [0.2, 0.25) is 5.91 Å². The van der Waals surface area contributed by atoms with Gasteiger partial charge in [-0.05, 0) is 48.9 Å². The number of ether oxygens (including phenoxy) is 1. The van der Waals surface area contributed by atoms with Crippen molar-refractivity contribution in [3.63, 3.8) is 0 Å². The summed E-state index contributed by atoms with van der Waals surface area (Å²) in [6.07, 6.45) is 0. The van der Waals surface area contributed by atoms with Gasteiger partial charge in [0.15, 0.2) is 0 Å². The molecule has 1 heterocycles. The molecule has 0 saturated carbocycles. The van der Waals surface area contributed by atoms with Crippen LogP contribution >= 0.6 is 0 Å². The third-order valence-electron chi connectivity index (χ3n) is 5.06. The van der Waals surface area contributed by atoms with E-state index in [1.807, 2.05) is 0 Å². The van der Waals surface area contributed by atoms with E-state index in [1.165, 1.54) is 48.2 Å². The number of hydrogen-bond donors (Lipinski definition) is 2. The Hall–Kier alpha value is -4.02. The number of halogens is 2. The zero-order chi connectivity index (χ0) is 24.3. The predicted molar refractivity (Wildman–Crippen MR) is 114 cm³/mol. The van der Waals surface area contributed by atoms with Gasteiger partial charge in [-0.3, -0.25) is 19.3 Å². The van der Waals surface area contributed by atoms with Crippen molar-refractivity contribution in [1.82, 2.24) is 15.1 Å². The van der Waals surface area contributed by atoms with E-state index in [9.17, 15) is 28.0 Å². The van der Waals surface area contributed by atoms with Crippen LogP contribution in [0.15, 0.2) is 48.5 Å². The molecule has 0 radical (unpaired) electrons. The normalized spacial score (nSPS) is 17.7. The number of imide groups is 1. The average molecular weight is 460 g/mol. The van der Waals surface area contributed by atoms with Gasteiger partial charge in [-0.25, -0.2) is 4.79 Å². The second kappa shape index (κ2) is 9.23. The first-order valence-corrected chi connectivity index (χ1v) is 9.82. The highest BCUT2D eigenvalue weighted by molar-refractivity contribution is 6.10. The van der Waals surface area contributed by atoms with Crippen LogP contribution in [0.4, 0.5) is 19.3 Å². The quantitative estimate of drug-likeness (QED) is 0.617. The maximum absolute atomic E-state index is 12.9. The fraction of sp³-hybridized carbons (Fsp3) is 0.273. The molecule has 33 heavy (non-hydrogen) atoms. The summed E-state index contributed by atoms with van der Waals surface area (Å²) in [6, 6.07) is 10.7. The maximum Gasteiger partial charge on any atom is 0.387 e. The van der Waals surface area contributed by atoms with Crippen LogP contribution in [-0.4, -0.2) is 60.8 Å². The Balaban J connectivity index is 1.67. The number of anilines is 1. The Morgan fingerprint density at radius 2 is 1.70 bits per heavy atom. The van der Waals surface area contributed by atoms with Crippen LogP contribution in [0.25, 0.3) is 0 Å². The number of benzene rings is 2. The average Bonchev–Trinajstić information content (AvgIpc) is 2.97. The van der Waals surface area contributed by atoms with E-state index < -0.39 is 36.5 Å². The molecule has 174 valence electrons. The van der Waals surface area contributed by atoms with Crippen molar-refractivity contribution in [3.8, 4) is 5.75 Å². The van der Waals surface area contributed by atoms with Gasteiger partial charge < -0.3 is 20.3 Å². The van der Waals surface area contributed by atoms with Crippen LogP contribution in [-0.2, 0) is 15.1 Å². The van der Waals surface area contributed by atoms with Crippen molar-refractivity contribution in [3.05, 3.63) is 59.7 Å². The van der Waals surface area contributed by atoms with Crippen LogP contribution in [0.3, 0.4) is 0 Å². The molecular formula is C22H22F2N4O5. The lowest BCUT2D eigenvalue weighted by Crippen LogP contribution is -2.42. The van der Waals surface area contributed by atoms with Gasteiger partial charge in [-0.15, -0.1) is 0 Å². The monoisotopic (exact) mass is 460 g/mol. The molecule has 2 aromatic carbocycles. The van der Waals surface area contributed by atoms with Crippen LogP contribution in [0, 0.1) is 0 Å². The number of urea groups is 1. The molecule has 3 rings (SSSR count). The first-order chi connectivity index (χ1) is 15.5. The summed E-state index contributed by atoms with van der Waals surface area (Å²) in [7, 11) is 3.24. The van der Waals surface area contributed by atoms with Crippen molar-refractivity contribution >= 4 is 29.4 Å². The number of amides is 5. The van der Waals surface area contributed by atoms with Crippen LogP contribution in [0.5, 0.6) is 5.75 Å². The molecule has 1 atom stereocenters. The summed E-state index contributed by atoms with van der Waals surface area (Å²) in [4.78, 5) is 51.9. The molecule has 1 aliphatic rings. The summed E-state index contributed by atoms with van der Waals surface area (Å²) in [5, 5.41) is 5.11. The summed E-state index contributed by atoms with van der Waals surface area (Å²) < 4.78 is 28.9. The molecule has 2 aromatic rings. The van der Waals surface area contributed by atoms with Crippen molar-refractivity contribution in [2.75, 3.05) is 26.0 Å². The van der Waals surface area contributed by atoms with Gasteiger partial charge in [-0.1, -0.05) is 12.1 Å². The fourth-order valence-corrected chi connectivity index (χ4v) is 3.30. The molecule has 0 aliphatic carbocycles. The highest BCUT2D eigenvalue weighted by atomic mass is 19.3. The molecule has 0 aromatic heterocycles.